The molecular formula is C40H50N8O3S. The van der Waals surface area contributed by atoms with Crippen molar-refractivity contribution in [3.63, 3.8) is 0 Å². The van der Waals surface area contributed by atoms with Crippen LogP contribution in [-0.2, 0) is 18.3 Å². The van der Waals surface area contributed by atoms with Gasteiger partial charge in [0.2, 0.25) is 0 Å². The highest BCUT2D eigenvalue weighted by Gasteiger charge is 2.16. The summed E-state index contributed by atoms with van der Waals surface area (Å²) in [7, 11) is 2.02. The topological polar surface area (TPSA) is 124 Å². The van der Waals surface area contributed by atoms with E-state index in [2.05, 4.69) is 44.4 Å². The van der Waals surface area contributed by atoms with Crippen LogP contribution in [0.5, 0.6) is 0 Å². The van der Waals surface area contributed by atoms with Gasteiger partial charge in [-0.3, -0.25) is 15.2 Å². The molecule has 12 heteroatoms. The van der Waals surface area contributed by atoms with Gasteiger partial charge in [0.25, 0.3) is 5.56 Å². The largest absolute Gasteiger partial charge is 0.449 e. The van der Waals surface area contributed by atoms with Crippen LogP contribution in [0.1, 0.15) is 95.2 Å². The number of aromatic nitrogens is 6. The summed E-state index contributed by atoms with van der Waals surface area (Å²) in [6, 6.07) is 21.1. The first-order chi connectivity index (χ1) is 25.4. The number of benzene rings is 3. The Morgan fingerprint density at radius 1 is 0.885 bits per heavy atom. The first-order valence-electron chi connectivity index (χ1n) is 18.7. The molecule has 1 amide bonds. The molecule has 6 rings (SSSR count). The smallest absolute Gasteiger partial charge is 0.411 e. The lowest BCUT2D eigenvalue weighted by molar-refractivity contribution is 0.159. The van der Waals surface area contributed by atoms with Crippen LogP contribution in [0.25, 0.3) is 26.9 Å². The molecule has 0 fully saturated rings. The van der Waals surface area contributed by atoms with Crippen LogP contribution < -0.4 is 15.7 Å². The average molecular weight is 723 g/mol. The predicted molar refractivity (Wildman–Crippen MR) is 210 cm³/mol. The highest BCUT2D eigenvalue weighted by molar-refractivity contribution is 7.16. The Morgan fingerprint density at radius 3 is 2.29 bits per heavy atom. The van der Waals surface area contributed by atoms with E-state index in [1.807, 2.05) is 44.3 Å². The summed E-state index contributed by atoms with van der Waals surface area (Å²) in [6.45, 7) is 4.80. The van der Waals surface area contributed by atoms with E-state index in [1.54, 1.807) is 40.3 Å². The van der Waals surface area contributed by atoms with Crippen LogP contribution in [0, 0.1) is 6.92 Å². The minimum absolute atomic E-state index is 0.174. The summed E-state index contributed by atoms with van der Waals surface area (Å²) in [5, 5.41) is 14.7. The Hall–Kier alpha value is -4.97. The van der Waals surface area contributed by atoms with Crippen molar-refractivity contribution in [2.75, 3.05) is 11.9 Å². The molecule has 52 heavy (non-hydrogen) atoms. The number of amides is 1. The molecule has 0 aliphatic heterocycles. The van der Waals surface area contributed by atoms with E-state index in [9.17, 15) is 9.59 Å². The first-order valence-corrected chi connectivity index (χ1v) is 19.5. The number of H-pyrrole nitrogens is 1. The number of nitrogens with zero attached hydrogens (tertiary/aromatic N) is 6. The van der Waals surface area contributed by atoms with Crippen molar-refractivity contribution in [1.29, 1.82) is 0 Å². The third-order valence-electron chi connectivity index (χ3n) is 9.54. The van der Waals surface area contributed by atoms with Gasteiger partial charge in [-0.1, -0.05) is 106 Å². The van der Waals surface area contributed by atoms with Crippen molar-refractivity contribution in [1.82, 2.24) is 29.3 Å². The van der Waals surface area contributed by atoms with E-state index >= 15 is 0 Å². The van der Waals surface area contributed by atoms with Crippen molar-refractivity contribution in [3.8, 4) is 5.69 Å². The van der Waals surface area contributed by atoms with Crippen molar-refractivity contribution in [2.24, 2.45) is 12.0 Å². The third kappa shape index (κ3) is 9.27. The Balaban J connectivity index is 0.981. The molecule has 0 spiro atoms. The van der Waals surface area contributed by atoms with E-state index in [0.717, 1.165) is 40.1 Å². The van der Waals surface area contributed by atoms with Crippen LogP contribution in [0.15, 0.2) is 76.5 Å². The summed E-state index contributed by atoms with van der Waals surface area (Å²) < 4.78 is 11.9. The molecule has 0 unspecified atom stereocenters. The highest BCUT2D eigenvalue weighted by atomic mass is 32.1. The fourth-order valence-corrected chi connectivity index (χ4v) is 7.54. The standard InChI is InChI=1S/C40H50N8O3S/c1-4-5-6-7-8-9-10-11-12-13-14-17-26-51-40(50)42-30-20-23-32(24-21-30)48-38(49)33(29(2)44-48)28-47-35-25-22-31(27-34(35)43-45-47)41-39-46(3)36-18-15-16-19-37(36)52-39/h15-16,18-25,27,44H,4-14,17,26,28H2,1-3H3,(H,42,50). The van der Waals surface area contributed by atoms with E-state index in [1.165, 1.54) is 73.6 Å². The number of fused-ring (bicyclic) bond motifs is 2. The van der Waals surface area contributed by atoms with E-state index in [4.69, 9.17) is 9.73 Å². The number of para-hydroxylation sites is 1. The molecule has 0 aliphatic rings. The summed E-state index contributed by atoms with van der Waals surface area (Å²) in [5.74, 6) is 0. The fraction of sp³-hybridized carbons (Fsp3) is 0.425. The van der Waals surface area contributed by atoms with Gasteiger partial charge in [0.1, 0.15) is 5.52 Å². The third-order valence-corrected chi connectivity index (χ3v) is 10.7. The second-order valence-electron chi connectivity index (χ2n) is 13.5. The average Bonchev–Trinajstić information content (AvgIpc) is 3.79. The van der Waals surface area contributed by atoms with E-state index in [0.29, 0.717) is 29.1 Å². The quantitative estimate of drug-likeness (QED) is 0.0856. The van der Waals surface area contributed by atoms with Gasteiger partial charge in [0.15, 0.2) is 4.80 Å². The van der Waals surface area contributed by atoms with Gasteiger partial charge in [-0.25, -0.2) is 19.2 Å². The number of ether oxygens (including phenoxy) is 1. The zero-order valence-electron chi connectivity index (χ0n) is 30.6. The van der Waals surface area contributed by atoms with Gasteiger partial charge >= 0.3 is 6.09 Å². The van der Waals surface area contributed by atoms with Gasteiger partial charge in [-0.15, -0.1) is 5.10 Å². The molecule has 274 valence electrons. The second kappa shape index (κ2) is 18.0. The highest BCUT2D eigenvalue weighted by Crippen LogP contribution is 2.22. The first kappa shape index (κ1) is 36.8. The van der Waals surface area contributed by atoms with Gasteiger partial charge in [-0.2, -0.15) is 0 Å². The van der Waals surface area contributed by atoms with Crippen LogP contribution >= 0.6 is 11.3 Å². The summed E-state index contributed by atoms with van der Waals surface area (Å²) >= 11 is 1.64. The summed E-state index contributed by atoms with van der Waals surface area (Å²) in [5.41, 5.74) is 5.84. The maximum atomic E-state index is 13.5. The van der Waals surface area contributed by atoms with Gasteiger partial charge in [0.05, 0.1) is 45.8 Å². The van der Waals surface area contributed by atoms with Crippen LogP contribution in [0.4, 0.5) is 16.2 Å². The SMILES string of the molecule is CCCCCCCCCCCCCCOC(=O)Nc1ccc(-n2[nH]c(C)c(Cn3nnc4cc(N=c5sc6ccccc6n5C)ccc43)c2=O)cc1. The van der Waals surface area contributed by atoms with Crippen LogP contribution in [0.2, 0.25) is 0 Å². The number of carbonyl (C=O) groups excluding carboxylic acids is 1. The molecule has 0 radical (unpaired) electrons. The maximum Gasteiger partial charge on any atom is 0.411 e. The zero-order chi connectivity index (χ0) is 36.3. The lowest BCUT2D eigenvalue weighted by Gasteiger charge is -2.08. The molecule has 0 atom stereocenters. The van der Waals surface area contributed by atoms with Crippen molar-refractivity contribution >= 4 is 50.1 Å². The zero-order valence-corrected chi connectivity index (χ0v) is 31.4. The molecule has 3 aromatic heterocycles. The molecule has 11 nitrogen and oxygen atoms in total. The molecular weight excluding hydrogens is 673 g/mol. The van der Waals surface area contributed by atoms with Gasteiger partial charge in [-0.05, 0) is 67.9 Å². The molecule has 3 aromatic carbocycles. The Kier molecular flexibility index (Phi) is 12.7. The second-order valence-corrected chi connectivity index (χ2v) is 14.5. The fourth-order valence-electron chi connectivity index (χ4n) is 6.50. The molecule has 6 aromatic rings. The van der Waals surface area contributed by atoms with Crippen LogP contribution in [0.3, 0.4) is 0 Å². The molecule has 2 N–H and O–H groups in total. The Morgan fingerprint density at radius 2 is 1.58 bits per heavy atom. The van der Waals surface area contributed by atoms with Crippen molar-refractivity contribution in [3.05, 3.63) is 93.1 Å². The van der Waals surface area contributed by atoms with Crippen molar-refractivity contribution in [2.45, 2.75) is 97.4 Å². The Bertz CT molecular complexity index is 2210. The lowest BCUT2D eigenvalue weighted by Crippen LogP contribution is -2.19. The number of aryl methyl sites for hydroxylation is 2. The molecule has 3 heterocycles. The minimum Gasteiger partial charge on any atom is -0.449 e. The number of hydrogen-bond acceptors (Lipinski definition) is 7. The lowest BCUT2D eigenvalue weighted by atomic mass is 10.1. The van der Waals surface area contributed by atoms with E-state index < -0.39 is 6.09 Å². The molecule has 0 aliphatic carbocycles. The molecule has 0 saturated heterocycles. The molecule has 0 bridgehead atoms. The number of thiazole rings is 1. The minimum atomic E-state index is -0.471. The number of carbonyl (C=O) groups is 1. The Labute approximate surface area is 308 Å². The monoisotopic (exact) mass is 722 g/mol. The van der Waals surface area contributed by atoms with Gasteiger partial charge < -0.3 is 9.30 Å². The van der Waals surface area contributed by atoms with Gasteiger partial charge in [0, 0.05) is 18.4 Å². The summed E-state index contributed by atoms with van der Waals surface area (Å²) in [4.78, 5) is 31.7. The maximum absolute atomic E-state index is 13.5. The van der Waals surface area contributed by atoms with Crippen LogP contribution in [-0.4, -0.2) is 42.0 Å². The number of anilines is 1. The normalized spacial score (nSPS) is 11.9. The number of nitrogens with one attached hydrogen (secondary N) is 2. The number of aromatic amines is 1. The number of rotatable bonds is 18. The number of unbranched alkanes of at least 4 members (excludes halogenated alkanes) is 11. The van der Waals surface area contributed by atoms with E-state index in [-0.39, 0.29) is 12.1 Å². The summed E-state index contributed by atoms with van der Waals surface area (Å²) in [6.07, 6.45) is 14.7. The van der Waals surface area contributed by atoms with Crippen molar-refractivity contribution < 1.29 is 9.53 Å². The molecule has 0 saturated carbocycles. The number of hydrogen-bond donors (Lipinski definition) is 2. The predicted octanol–water partition coefficient (Wildman–Crippen LogP) is 9.30.